The number of carbonyl (C=O) groups excluding carboxylic acids is 3. The average molecular weight is 653 g/mol. The van der Waals surface area contributed by atoms with E-state index >= 15 is 0 Å². The summed E-state index contributed by atoms with van der Waals surface area (Å²) in [7, 11) is -4.32. The minimum Gasteiger partial charge on any atom is -0.354 e. The quantitative estimate of drug-likeness (QED) is 0.118. The highest BCUT2D eigenvalue weighted by atomic mass is 32.2. The molecule has 4 aromatic rings. The summed E-state index contributed by atoms with van der Waals surface area (Å²) in [4.78, 5) is 38.4. The first-order chi connectivity index (χ1) is 21.9. The number of benzene rings is 4. The van der Waals surface area contributed by atoms with Crippen LogP contribution in [0.4, 0.5) is 35.9 Å². The van der Waals surface area contributed by atoms with Crippen molar-refractivity contribution in [1.82, 2.24) is 4.72 Å². The molecule has 0 saturated carbocycles. The normalized spacial score (nSPS) is 11.4. The van der Waals surface area contributed by atoms with Crippen LogP contribution in [0.5, 0.6) is 0 Å². The van der Waals surface area contributed by atoms with E-state index in [0.717, 1.165) is 37.1 Å². The van der Waals surface area contributed by atoms with Gasteiger partial charge in [-0.25, -0.2) is 13.1 Å². The first-order valence-electron chi connectivity index (χ1n) is 14.3. The molecule has 0 fully saturated rings. The van der Waals surface area contributed by atoms with Gasteiger partial charge in [-0.05, 0) is 73.2 Å². The minimum absolute atomic E-state index is 0.0251. The van der Waals surface area contributed by atoms with Gasteiger partial charge in [-0.1, -0.05) is 50.1 Å². The molecule has 0 heterocycles. The molecule has 0 spiro atoms. The van der Waals surface area contributed by atoms with Crippen molar-refractivity contribution in [1.29, 1.82) is 0 Å². The third kappa shape index (κ3) is 8.94. The number of rotatable bonds is 12. The van der Waals surface area contributed by atoms with Crippen LogP contribution in [-0.2, 0) is 21.0 Å². The van der Waals surface area contributed by atoms with Crippen molar-refractivity contribution in [3.8, 4) is 0 Å². The van der Waals surface area contributed by atoms with Gasteiger partial charge in [0.05, 0.1) is 22.6 Å². The molecule has 0 unspecified atom stereocenters. The van der Waals surface area contributed by atoms with Crippen molar-refractivity contribution < 1.29 is 36.0 Å². The van der Waals surface area contributed by atoms with Crippen molar-refractivity contribution in [2.45, 2.75) is 43.7 Å². The fraction of sp³-hybridized carbons (Fsp3) is 0.182. The van der Waals surface area contributed by atoms with Crippen LogP contribution in [-0.4, -0.2) is 26.1 Å². The molecule has 4 aromatic carbocycles. The van der Waals surface area contributed by atoms with E-state index < -0.39 is 39.5 Å². The highest BCUT2D eigenvalue weighted by Gasteiger charge is 2.30. The zero-order valence-electron chi connectivity index (χ0n) is 24.6. The lowest BCUT2D eigenvalue weighted by Crippen LogP contribution is -2.31. The molecule has 0 bridgehead atoms. The number of unbranched alkanes of at least 4 members (excludes halogenated alkanes) is 2. The maximum absolute atomic E-state index is 13.4. The Bertz CT molecular complexity index is 1810. The first kappa shape index (κ1) is 33.7. The third-order valence-electron chi connectivity index (χ3n) is 6.74. The molecule has 0 atom stereocenters. The zero-order chi connectivity index (χ0) is 33.3. The number of amides is 3. The fourth-order valence-corrected chi connectivity index (χ4v) is 5.55. The van der Waals surface area contributed by atoms with Gasteiger partial charge in [0.1, 0.15) is 4.90 Å². The van der Waals surface area contributed by atoms with Crippen LogP contribution in [0.2, 0.25) is 0 Å². The topological polar surface area (TPSA) is 133 Å². The Hall–Kier alpha value is -5.17. The average Bonchev–Trinajstić information content (AvgIpc) is 3.02. The van der Waals surface area contributed by atoms with Crippen molar-refractivity contribution in [2.24, 2.45) is 0 Å². The summed E-state index contributed by atoms with van der Waals surface area (Å²) in [5.41, 5.74) is 0.135. The first-order valence-corrected chi connectivity index (χ1v) is 15.8. The van der Waals surface area contributed by atoms with Crippen molar-refractivity contribution in [3.63, 3.8) is 0 Å². The minimum atomic E-state index is -4.57. The lowest BCUT2D eigenvalue weighted by molar-refractivity contribution is -0.137. The van der Waals surface area contributed by atoms with Gasteiger partial charge in [-0.2, -0.15) is 13.2 Å². The van der Waals surface area contributed by atoms with Gasteiger partial charge >= 0.3 is 6.18 Å². The molecule has 240 valence electrons. The SMILES string of the molecule is CCCCCC(=O)NS(=O)(=O)c1ccccc1NC(=O)c1ccc(Nc2ccccc2)c(NC(=O)c2ccc(C(F)(F)F)cc2)c1. The Morgan fingerprint density at radius 2 is 1.30 bits per heavy atom. The van der Waals surface area contributed by atoms with E-state index in [1.807, 2.05) is 17.7 Å². The Morgan fingerprint density at radius 3 is 1.98 bits per heavy atom. The number of hydrogen-bond acceptors (Lipinski definition) is 6. The Labute approximate surface area is 264 Å². The lowest BCUT2D eigenvalue weighted by Gasteiger charge is -2.16. The monoisotopic (exact) mass is 652 g/mol. The Kier molecular flexibility index (Phi) is 10.8. The standard InChI is InChI=1S/C33H31F3N4O5S/c1-2-3-5-14-30(41)40-46(44,45)29-13-9-8-12-27(29)38-32(43)23-17-20-26(37-25-10-6-4-7-11-25)28(21-23)39-31(42)22-15-18-24(19-16-22)33(34,35)36/h4,6-13,15-21,37H,2-3,5,14H2,1H3,(H,38,43)(H,39,42)(H,40,41). The second-order valence-corrected chi connectivity index (χ2v) is 11.9. The molecule has 0 saturated heterocycles. The van der Waals surface area contributed by atoms with E-state index in [-0.39, 0.29) is 33.8 Å². The number of carbonyl (C=O) groups is 3. The van der Waals surface area contributed by atoms with E-state index in [1.165, 1.54) is 42.5 Å². The van der Waals surface area contributed by atoms with Gasteiger partial charge in [0.2, 0.25) is 5.91 Å². The van der Waals surface area contributed by atoms with Crippen molar-refractivity contribution in [3.05, 3.63) is 114 Å². The van der Waals surface area contributed by atoms with E-state index in [2.05, 4.69) is 16.0 Å². The van der Waals surface area contributed by atoms with Crippen LogP contribution in [0.15, 0.2) is 102 Å². The summed E-state index contributed by atoms with van der Waals surface area (Å²) in [6, 6.07) is 22.5. The number of alkyl halides is 3. The largest absolute Gasteiger partial charge is 0.416 e. The van der Waals surface area contributed by atoms with Gasteiger partial charge in [0, 0.05) is 23.2 Å². The maximum Gasteiger partial charge on any atom is 0.416 e. The Balaban J connectivity index is 1.60. The van der Waals surface area contributed by atoms with Crippen LogP contribution >= 0.6 is 0 Å². The number of halogens is 3. The van der Waals surface area contributed by atoms with Crippen molar-refractivity contribution >= 4 is 50.5 Å². The van der Waals surface area contributed by atoms with Crippen LogP contribution in [0, 0.1) is 0 Å². The third-order valence-corrected chi connectivity index (χ3v) is 8.17. The number of anilines is 4. The summed E-state index contributed by atoms with van der Waals surface area (Å²) >= 11 is 0. The molecular weight excluding hydrogens is 621 g/mol. The van der Waals surface area contributed by atoms with E-state index in [1.54, 1.807) is 24.3 Å². The predicted octanol–water partition coefficient (Wildman–Crippen LogP) is 7.34. The van der Waals surface area contributed by atoms with Crippen LogP contribution in [0.1, 0.15) is 58.9 Å². The van der Waals surface area contributed by atoms with Gasteiger partial charge in [0.25, 0.3) is 21.8 Å². The Morgan fingerprint density at radius 1 is 0.696 bits per heavy atom. The van der Waals surface area contributed by atoms with E-state index in [0.29, 0.717) is 17.8 Å². The predicted molar refractivity (Wildman–Crippen MR) is 169 cm³/mol. The summed E-state index contributed by atoms with van der Waals surface area (Å²) in [5.74, 6) is -2.12. The van der Waals surface area contributed by atoms with E-state index in [4.69, 9.17) is 0 Å². The molecule has 0 radical (unpaired) electrons. The molecule has 9 nitrogen and oxygen atoms in total. The van der Waals surface area contributed by atoms with Gasteiger partial charge < -0.3 is 16.0 Å². The number of sulfonamides is 1. The molecule has 0 aliphatic heterocycles. The van der Waals surface area contributed by atoms with Crippen LogP contribution in [0.3, 0.4) is 0 Å². The summed E-state index contributed by atoms with van der Waals surface area (Å²) in [5, 5.41) is 8.31. The van der Waals surface area contributed by atoms with Gasteiger partial charge in [-0.15, -0.1) is 0 Å². The van der Waals surface area contributed by atoms with Gasteiger partial charge in [-0.3, -0.25) is 14.4 Å². The lowest BCUT2D eigenvalue weighted by atomic mass is 10.1. The van der Waals surface area contributed by atoms with Crippen LogP contribution < -0.4 is 20.7 Å². The second kappa shape index (κ2) is 14.7. The highest BCUT2D eigenvalue weighted by molar-refractivity contribution is 7.90. The molecule has 13 heteroatoms. The number of nitrogens with one attached hydrogen (secondary N) is 4. The number of para-hydroxylation sites is 2. The van der Waals surface area contributed by atoms with Gasteiger partial charge in [0.15, 0.2) is 0 Å². The second-order valence-electron chi connectivity index (χ2n) is 10.2. The molecule has 0 aliphatic rings. The zero-order valence-corrected chi connectivity index (χ0v) is 25.5. The highest BCUT2D eigenvalue weighted by Crippen LogP contribution is 2.31. The summed E-state index contributed by atoms with van der Waals surface area (Å²) in [6.07, 6.45) is -2.37. The molecular formula is C33H31F3N4O5S. The molecule has 3 amide bonds. The summed E-state index contributed by atoms with van der Waals surface area (Å²) in [6.45, 7) is 1.96. The fourth-order valence-electron chi connectivity index (χ4n) is 4.37. The smallest absolute Gasteiger partial charge is 0.354 e. The summed E-state index contributed by atoms with van der Waals surface area (Å²) < 4.78 is 67.1. The number of hydrogen-bond donors (Lipinski definition) is 4. The molecule has 0 aliphatic carbocycles. The molecule has 4 N–H and O–H groups in total. The molecule has 4 rings (SSSR count). The van der Waals surface area contributed by atoms with Crippen LogP contribution in [0.25, 0.3) is 0 Å². The van der Waals surface area contributed by atoms with Crippen molar-refractivity contribution in [2.75, 3.05) is 16.0 Å². The molecule has 46 heavy (non-hydrogen) atoms. The molecule has 0 aromatic heterocycles. The maximum atomic E-state index is 13.4. The van der Waals surface area contributed by atoms with E-state index in [9.17, 15) is 36.0 Å².